The number of rotatable bonds is 3. The molecule has 0 spiro atoms. The molecule has 4 rings (SSSR count). The van der Waals surface area contributed by atoms with Crippen LogP contribution in [0.1, 0.15) is 38.9 Å². The third kappa shape index (κ3) is 3.24. The summed E-state index contributed by atoms with van der Waals surface area (Å²) in [6, 6.07) is 1.68. The summed E-state index contributed by atoms with van der Waals surface area (Å²) in [6.45, 7) is -0.0111. The van der Waals surface area contributed by atoms with E-state index in [1.165, 1.54) is 13.9 Å². The number of carbonyl (C=O) groups is 2. The zero-order valence-corrected chi connectivity index (χ0v) is 17.9. The second-order valence-corrected chi connectivity index (χ2v) is 8.14. The average Bonchev–Trinajstić information content (AvgIpc) is 3.21. The molecule has 12 heteroatoms. The van der Waals surface area contributed by atoms with Crippen LogP contribution in [0.4, 0.5) is 8.78 Å². The largest absolute Gasteiger partial charge is 0.503 e. The van der Waals surface area contributed by atoms with Crippen LogP contribution in [0, 0.1) is 11.6 Å². The fourth-order valence-electron chi connectivity index (χ4n) is 3.50. The summed E-state index contributed by atoms with van der Waals surface area (Å²) < 4.78 is 35.5. The Morgan fingerprint density at radius 2 is 2.10 bits per heavy atom. The molecule has 2 unspecified atom stereocenters. The highest BCUT2D eigenvalue weighted by Gasteiger charge is 2.44. The van der Waals surface area contributed by atoms with Crippen molar-refractivity contribution in [1.82, 2.24) is 13.0 Å². The standard InChI is InChI=1S/C18H13ClF2IN3O5/c19-11-9(20)2-1-7(12(11)21)5-23-16(28)8-6-24-10-3-4-30-18(10)25(22)17(29)13(24)15(27)14(8)26/h1-2,6,10,18,27H,3-5H2,(H,23,28). The van der Waals surface area contributed by atoms with Crippen molar-refractivity contribution in [2.75, 3.05) is 6.61 Å². The van der Waals surface area contributed by atoms with Crippen LogP contribution in [0.3, 0.4) is 0 Å². The van der Waals surface area contributed by atoms with E-state index in [9.17, 15) is 28.3 Å². The first-order valence-corrected chi connectivity index (χ1v) is 10.1. The van der Waals surface area contributed by atoms with Crippen LogP contribution in [0.15, 0.2) is 23.1 Å². The molecule has 158 valence electrons. The molecule has 3 heterocycles. The summed E-state index contributed by atoms with van der Waals surface area (Å²) in [4.78, 5) is 37.7. The molecule has 0 bridgehead atoms. The lowest BCUT2D eigenvalue weighted by Crippen LogP contribution is -2.45. The molecule has 8 nitrogen and oxygen atoms in total. The smallest absolute Gasteiger partial charge is 0.285 e. The number of hydrogen-bond acceptors (Lipinski definition) is 5. The Hall–Kier alpha value is -2.25. The molecule has 2 N–H and O–H groups in total. The van der Waals surface area contributed by atoms with Crippen molar-refractivity contribution in [3.05, 3.63) is 62.0 Å². The average molecular weight is 552 g/mol. The van der Waals surface area contributed by atoms with Crippen LogP contribution in [0.5, 0.6) is 5.75 Å². The number of fused-ring (bicyclic) bond motifs is 3. The monoisotopic (exact) mass is 551 g/mol. The maximum atomic E-state index is 14.0. The van der Waals surface area contributed by atoms with E-state index >= 15 is 0 Å². The molecule has 0 saturated carbocycles. The molecule has 1 fully saturated rings. The first-order valence-electron chi connectivity index (χ1n) is 8.72. The lowest BCUT2D eigenvalue weighted by Gasteiger charge is -2.35. The molecule has 2 aliphatic heterocycles. The van der Waals surface area contributed by atoms with Crippen molar-refractivity contribution in [1.29, 1.82) is 0 Å². The number of benzene rings is 1. The quantitative estimate of drug-likeness (QED) is 0.347. The van der Waals surface area contributed by atoms with Crippen molar-refractivity contribution in [2.24, 2.45) is 0 Å². The number of pyridine rings is 1. The minimum Gasteiger partial charge on any atom is -0.503 e. The Labute approximate surface area is 186 Å². The van der Waals surface area contributed by atoms with E-state index in [2.05, 4.69) is 5.32 Å². The maximum absolute atomic E-state index is 14.0. The second-order valence-electron chi connectivity index (χ2n) is 6.73. The predicted octanol–water partition coefficient (Wildman–Crippen LogP) is 2.51. The molecule has 2 aliphatic rings. The molecular weight excluding hydrogens is 539 g/mol. The summed E-state index contributed by atoms with van der Waals surface area (Å²) in [5, 5.41) is 12.0. The number of nitrogens with zero attached hydrogens (tertiary/aromatic N) is 2. The zero-order chi connectivity index (χ0) is 21.7. The maximum Gasteiger partial charge on any atom is 0.285 e. The lowest BCUT2D eigenvalue weighted by atomic mass is 10.1. The molecule has 2 atom stereocenters. The number of aromatic hydroxyl groups is 1. The van der Waals surface area contributed by atoms with Crippen LogP contribution in [-0.4, -0.2) is 37.4 Å². The van der Waals surface area contributed by atoms with Gasteiger partial charge in [0.1, 0.15) is 22.2 Å². The number of carbonyl (C=O) groups excluding carboxylic acids is 2. The lowest BCUT2D eigenvalue weighted by molar-refractivity contribution is 0.0120. The van der Waals surface area contributed by atoms with Crippen molar-refractivity contribution in [2.45, 2.75) is 25.2 Å². The van der Waals surface area contributed by atoms with Gasteiger partial charge in [0.05, 0.1) is 35.5 Å². The van der Waals surface area contributed by atoms with Crippen LogP contribution in [0.2, 0.25) is 5.02 Å². The molecule has 0 radical (unpaired) electrons. The first kappa shape index (κ1) is 21.0. The molecule has 30 heavy (non-hydrogen) atoms. The van der Waals surface area contributed by atoms with E-state index in [1.807, 2.05) is 0 Å². The van der Waals surface area contributed by atoms with Crippen molar-refractivity contribution in [3.8, 4) is 5.75 Å². The summed E-state index contributed by atoms with van der Waals surface area (Å²) in [5.41, 5.74) is -1.77. The summed E-state index contributed by atoms with van der Waals surface area (Å²) in [5.74, 6) is -4.34. The molecule has 2 amide bonds. The summed E-state index contributed by atoms with van der Waals surface area (Å²) in [6.07, 6.45) is 1.10. The SMILES string of the molecule is O=C(NCc1ccc(F)c(Cl)c1F)c1cn2c(c(O)c1=O)C(=O)N(I)C1OCCC12. The van der Waals surface area contributed by atoms with Crippen molar-refractivity contribution in [3.63, 3.8) is 0 Å². The number of ether oxygens (including phenoxy) is 1. The molecule has 1 saturated heterocycles. The van der Waals surface area contributed by atoms with Gasteiger partial charge in [0.2, 0.25) is 5.43 Å². The molecule has 1 aromatic heterocycles. The third-order valence-corrected chi connectivity index (χ3v) is 6.35. The van der Waals surface area contributed by atoms with E-state index in [0.717, 1.165) is 12.1 Å². The molecule has 2 aromatic rings. The second kappa shape index (κ2) is 7.78. The van der Waals surface area contributed by atoms with E-state index in [-0.39, 0.29) is 23.8 Å². The van der Waals surface area contributed by atoms with E-state index < -0.39 is 51.4 Å². The molecule has 1 aromatic carbocycles. The van der Waals surface area contributed by atoms with Crippen LogP contribution < -0.4 is 10.7 Å². The van der Waals surface area contributed by atoms with E-state index in [1.54, 1.807) is 22.9 Å². The summed E-state index contributed by atoms with van der Waals surface area (Å²) >= 11 is 7.28. The highest BCUT2D eigenvalue weighted by atomic mass is 127. The van der Waals surface area contributed by atoms with Gasteiger partial charge in [0, 0.05) is 18.3 Å². The van der Waals surface area contributed by atoms with Crippen molar-refractivity contribution >= 4 is 46.3 Å². The highest BCUT2D eigenvalue weighted by Crippen LogP contribution is 2.38. The summed E-state index contributed by atoms with van der Waals surface area (Å²) in [7, 11) is 0. The van der Waals surface area contributed by atoms with Gasteiger partial charge in [-0.05, 0) is 12.5 Å². The minimum atomic E-state index is -1.04. The van der Waals surface area contributed by atoms with Gasteiger partial charge in [0.25, 0.3) is 11.8 Å². The number of nitrogens with one attached hydrogen (secondary N) is 1. The van der Waals surface area contributed by atoms with E-state index in [0.29, 0.717) is 13.0 Å². The minimum absolute atomic E-state index is 0.0861. The topological polar surface area (TPSA) is 101 Å². The van der Waals surface area contributed by atoms with Gasteiger partial charge in [0.15, 0.2) is 17.7 Å². The zero-order valence-electron chi connectivity index (χ0n) is 15.0. The Morgan fingerprint density at radius 1 is 1.37 bits per heavy atom. The van der Waals surface area contributed by atoms with E-state index in [4.69, 9.17) is 16.3 Å². The van der Waals surface area contributed by atoms with Gasteiger partial charge in [-0.15, -0.1) is 0 Å². The van der Waals surface area contributed by atoms with Crippen LogP contribution >= 0.6 is 34.5 Å². The van der Waals surface area contributed by atoms with Crippen molar-refractivity contribution < 1.29 is 28.2 Å². The van der Waals surface area contributed by atoms with Gasteiger partial charge >= 0.3 is 0 Å². The highest BCUT2D eigenvalue weighted by molar-refractivity contribution is 14.1. The predicted molar refractivity (Wildman–Crippen MR) is 108 cm³/mol. The van der Waals surface area contributed by atoms with Gasteiger partial charge in [-0.3, -0.25) is 14.4 Å². The Kier molecular flexibility index (Phi) is 5.45. The number of aromatic nitrogens is 1. The normalized spacial score (nSPS) is 20.1. The number of amides is 2. The number of halogens is 4. The fraction of sp³-hybridized carbons (Fsp3) is 0.278. The Bertz CT molecular complexity index is 1140. The number of hydrogen-bond donors (Lipinski definition) is 2. The van der Waals surface area contributed by atoms with Gasteiger partial charge < -0.3 is 19.7 Å². The Balaban J connectivity index is 1.67. The molecule has 0 aliphatic carbocycles. The first-order chi connectivity index (χ1) is 14.2. The van der Waals surface area contributed by atoms with Gasteiger partial charge in [-0.25, -0.2) is 11.9 Å². The van der Waals surface area contributed by atoms with Crippen LogP contribution in [-0.2, 0) is 11.3 Å². The Morgan fingerprint density at radius 3 is 2.83 bits per heavy atom. The van der Waals surface area contributed by atoms with Crippen LogP contribution in [0.25, 0.3) is 0 Å². The van der Waals surface area contributed by atoms with Gasteiger partial charge in [-0.1, -0.05) is 17.7 Å². The van der Waals surface area contributed by atoms with Gasteiger partial charge in [-0.2, -0.15) is 0 Å². The fourth-order valence-corrected chi connectivity index (χ4v) is 4.45. The molecular formula is C18H13ClF2IN3O5. The third-order valence-electron chi connectivity index (χ3n) is 5.02.